The smallest absolute Gasteiger partial charge is 0.183 e. The van der Waals surface area contributed by atoms with E-state index in [1.807, 2.05) is 19.1 Å². The zero-order valence-electron chi connectivity index (χ0n) is 16.7. The van der Waals surface area contributed by atoms with Crippen LogP contribution in [0.4, 0.5) is 5.69 Å². The number of likely N-dealkylation sites (N-methyl/N-ethyl adjacent to an activating group) is 1. The van der Waals surface area contributed by atoms with Crippen LogP contribution < -0.4 is 10.6 Å². The number of aryl methyl sites for hydroxylation is 1. The number of Topliss-reactive ketones (excluding diaryl/α,β-unsaturated/α-hetero) is 1. The summed E-state index contributed by atoms with van der Waals surface area (Å²) in [7, 11) is 2.16. The lowest BCUT2D eigenvalue weighted by atomic mass is 10.2. The largest absolute Gasteiger partial charge is 0.369 e. The van der Waals surface area contributed by atoms with Gasteiger partial charge in [-0.25, -0.2) is 9.97 Å². The third-order valence-electron chi connectivity index (χ3n) is 5.10. The van der Waals surface area contributed by atoms with Crippen molar-refractivity contribution in [2.24, 2.45) is 5.73 Å². The molecular weight excluding hydrogens is 402 g/mol. The molecule has 0 amide bonds. The minimum Gasteiger partial charge on any atom is -0.369 e. The van der Waals surface area contributed by atoms with Crippen LogP contribution in [0.5, 0.6) is 0 Å². The van der Waals surface area contributed by atoms with Crippen LogP contribution in [0.15, 0.2) is 35.4 Å². The summed E-state index contributed by atoms with van der Waals surface area (Å²) in [6.07, 6.45) is 0. The van der Waals surface area contributed by atoms with Crippen LogP contribution in [0.1, 0.15) is 20.4 Å². The van der Waals surface area contributed by atoms with Gasteiger partial charge in [-0.05, 0) is 44.3 Å². The summed E-state index contributed by atoms with van der Waals surface area (Å²) in [4.78, 5) is 28.4. The van der Waals surface area contributed by atoms with Gasteiger partial charge in [0, 0.05) is 48.7 Å². The molecule has 1 aliphatic rings. The number of ketones is 1. The zero-order valence-corrected chi connectivity index (χ0v) is 18.4. The van der Waals surface area contributed by atoms with Gasteiger partial charge in [0.05, 0.1) is 16.1 Å². The Morgan fingerprint density at radius 2 is 1.97 bits per heavy atom. The summed E-state index contributed by atoms with van der Waals surface area (Å²) in [5, 5.41) is 1.88. The van der Waals surface area contributed by atoms with Crippen LogP contribution in [0, 0.1) is 6.92 Å². The molecule has 1 aliphatic heterocycles. The topological polar surface area (TPSA) is 75.4 Å². The fourth-order valence-electron chi connectivity index (χ4n) is 3.41. The number of fused-ring (bicyclic) bond motifs is 1. The summed E-state index contributed by atoms with van der Waals surface area (Å²) >= 11 is 2.96. The molecule has 4 rings (SSSR count). The lowest BCUT2D eigenvalue weighted by Gasteiger charge is -2.34. The van der Waals surface area contributed by atoms with Crippen LogP contribution in [-0.4, -0.2) is 59.6 Å². The van der Waals surface area contributed by atoms with E-state index in [2.05, 4.69) is 45.0 Å². The van der Waals surface area contributed by atoms with Gasteiger partial charge in [-0.3, -0.25) is 4.79 Å². The number of thioether (sulfide) groups is 1. The first-order chi connectivity index (χ1) is 14.0. The number of nitrogens with zero attached hydrogens (tertiary/aromatic N) is 4. The van der Waals surface area contributed by atoms with Gasteiger partial charge < -0.3 is 15.5 Å². The number of hydrogen-bond acceptors (Lipinski definition) is 8. The number of piperazine rings is 1. The Balaban J connectivity index is 1.57. The van der Waals surface area contributed by atoms with Gasteiger partial charge in [0.2, 0.25) is 0 Å². The summed E-state index contributed by atoms with van der Waals surface area (Å²) < 4.78 is 0. The molecule has 1 saturated heterocycles. The number of carbonyl (C=O) groups excluding carboxylic acids is 1. The van der Waals surface area contributed by atoms with Gasteiger partial charge in [-0.2, -0.15) is 0 Å². The van der Waals surface area contributed by atoms with Crippen molar-refractivity contribution in [3.8, 4) is 0 Å². The minimum atomic E-state index is 0.110. The van der Waals surface area contributed by atoms with Gasteiger partial charge >= 0.3 is 0 Å². The number of hydrogen-bond donors (Lipinski definition) is 1. The molecule has 29 heavy (non-hydrogen) atoms. The molecule has 3 aromatic rings. The lowest BCUT2D eigenvalue weighted by molar-refractivity contribution is 0.102. The minimum absolute atomic E-state index is 0.110. The molecule has 1 fully saturated rings. The Labute approximate surface area is 179 Å². The van der Waals surface area contributed by atoms with Crippen LogP contribution in [0.25, 0.3) is 10.9 Å². The number of nitrogens with two attached hydrogens (primary N) is 1. The van der Waals surface area contributed by atoms with E-state index in [-0.39, 0.29) is 5.78 Å². The van der Waals surface area contributed by atoms with Crippen molar-refractivity contribution in [1.82, 2.24) is 14.9 Å². The Morgan fingerprint density at radius 3 is 2.69 bits per heavy atom. The molecule has 0 aliphatic carbocycles. The quantitative estimate of drug-likeness (QED) is 0.368. The van der Waals surface area contributed by atoms with Crippen molar-refractivity contribution in [3.63, 3.8) is 0 Å². The second kappa shape index (κ2) is 8.79. The third kappa shape index (κ3) is 4.61. The zero-order chi connectivity index (χ0) is 20.4. The second-order valence-corrected chi connectivity index (χ2v) is 9.38. The van der Waals surface area contributed by atoms with E-state index in [1.54, 1.807) is 0 Å². The van der Waals surface area contributed by atoms with Crippen molar-refractivity contribution in [2.45, 2.75) is 18.5 Å². The van der Waals surface area contributed by atoms with Crippen molar-refractivity contribution in [1.29, 1.82) is 0 Å². The van der Waals surface area contributed by atoms with E-state index >= 15 is 0 Å². The molecule has 152 valence electrons. The number of anilines is 1. The predicted octanol–water partition coefficient (Wildman–Crippen LogP) is 3.19. The van der Waals surface area contributed by atoms with Gasteiger partial charge in [-0.15, -0.1) is 11.3 Å². The van der Waals surface area contributed by atoms with E-state index in [4.69, 9.17) is 5.73 Å². The molecule has 2 aromatic heterocycles. The van der Waals surface area contributed by atoms with Crippen molar-refractivity contribution >= 4 is 45.5 Å². The van der Waals surface area contributed by atoms with Crippen LogP contribution in [0.2, 0.25) is 0 Å². The van der Waals surface area contributed by atoms with E-state index in [0.29, 0.717) is 12.3 Å². The van der Waals surface area contributed by atoms with E-state index in [0.717, 1.165) is 57.7 Å². The van der Waals surface area contributed by atoms with E-state index in [1.165, 1.54) is 28.8 Å². The van der Waals surface area contributed by atoms with E-state index in [9.17, 15) is 4.79 Å². The average molecular weight is 428 g/mol. The van der Waals surface area contributed by atoms with Crippen LogP contribution >= 0.6 is 23.1 Å². The van der Waals surface area contributed by atoms with Gasteiger partial charge in [0.25, 0.3) is 0 Å². The highest BCUT2D eigenvalue weighted by molar-refractivity contribution is 8.00. The van der Waals surface area contributed by atoms with E-state index < -0.39 is 0 Å². The number of thiophene rings is 1. The molecule has 2 N–H and O–H groups in total. The molecule has 8 heteroatoms. The normalized spacial score (nSPS) is 15.2. The highest BCUT2D eigenvalue weighted by atomic mass is 32.2. The summed E-state index contributed by atoms with van der Waals surface area (Å²) in [5.41, 5.74) is 7.78. The SMILES string of the molecule is Cc1nc(SCC(=O)c2ccc(CN)s2)c2cc(N3CCN(C)CC3)ccc2n1. The molecule has 0 spiro atoms. The second-order valence-electron chi connectivity index (χ2n) is 7.25. The average Bonchev–Trinajstić information content (AvgIpc) is 3.21. The molecule has 0 unspecified atom stereocenters. The first kappa shape index (κ1) is 20.3. The first-order valence-corrected chi connectivity index (χ1v) is 11.5. The van der Waals surface area contributed by atoms with Crippen molar-refractivity contribution in [3.05, 3.63) is 45.9 Å². The number of rotatable bonds is 6. The van der Waals surface area contributed by atoms with Crippen LogP contribution in [0.3, 0.4) is 0 Å². The number of benzene rings is 1. The van der Waals surface area contributed by atoms with Crippen molar-refractivity contribution in [2.75, 3.05) is 43.9 Å². The van der Waals surface area contributed by atoms with Gasteiger partial charge in [-0.1, -0.05) is 11.8 Å². The summed E-state index contributed by atoms with van der Waals surface area (Å²) in [6.45, 7) is 6.51. The molecular formula is C21H25N5OS2. The molecule has 0 radical (unpaired) electrons. The molecule has 1 aromatic carbocycles. The maximum Gasteiger partial charge on any atom is 0.183 e. The Morgan fingerprint density at radius 1 is 1.17 bits per heavy atom. The van der Waals surface area contributed by atoms with Crippen LogP contribution in [-0.2, 0) is 6.54 Å². The fourth-order valence-corrected chi connectivity index (χ4v) is 5.27. The Kier molecular flexibility index (Phi) is 6.15. The molecule has 0 saturated carbocycles. The Bertz CT molecular complexity index is 1030. The molecule has 6 nitrogen and oxygen atoms in total. The van der Waals surface area contributed by atoms with Crippen molar-refractivity contribution < 1.29 is 4.79 Å². The highest BCUT2D eigenvalue weighted by Crippen LogP contribution is 2.30. The summed E-state index contributed by atoms with van der Waals surface area (Å²) in [5.74, 6) is 1.19. The standard InChI is InChI=1S/C21H25N5OS2/c1-14-23-18-5-3-15(26-9-7-25(2)8-10-26)11-17(18)21(24-14)28-13-19(27)20-6-4-16(12-22)29-20/h3-6,11H,7-10,12-13,22H2,1-2H3. The predicted molar refractivity (Wildman–Crippen MR) is 121 cm³/mol. The molecule has 0 atom stereocenters. The third-order valence-corrected chi connectivity index (χ3v) is 7.24. The van der Waals surface area contributed by atoms with Gasteiger partial charge in [0.1, 0.15) is 10.9 Å². The maximum absolute atomic E-state index is 12.6. The van der Waals surface area contributed by atoms with Gasteiger partial charge in [0.15, 0.2) is 5.78 Å². The fraction of sp³-hybridized carbons (Fsp3) is 0.381. The highest BCUT2D eigenvalue weighted by Gasteiger charge is 2.17. The first-order valence-electron chi connectivity index (χ1n) is 9.70. The molecule has 0 bridgehead atoms. The Hall–Kier alpha value is -2.00. The summed E-state index contributed by atoms with van der Waals surface area (Å²) in [6, 6.07) is 10.2. The molecule has 3 heterocycles. The maximum atomic E-state index is 12.6. The number of carbonyl (C=O) groups is 1. The number of aromatic nitrogens is 2. The monoisotopic (exact) mass is 427 g/mol. The lowest BCUT2D eigenvalue weighted by Crippen LogP contribution is -2.44.